The highest BCUT2D eigenvalue weighted by Gasteiger charge is 2.22. The van der Waals surface area contributed by atoms with Crippen molar-refractivity contribution in [3.8, 4) is 5.75 Å². The van der Waals surface area contributed by atoms with Crippen LogP contribution >= 0.6 is 0 Å². The summed E-state index contributed by atoms with van der Waals surface area (Å²) < 4.78 is 5.68. The molecule has 3 rings (SSSR count). The Hall–Kier alpha value is -1.75. The fourth-order valence-electron chi connectivity index (χ4n) is 2.94. The van der Waals surface area contributed by atoms with Gasteiger partial charge in [0.1, 0.15) is 6.61 Å². The molecule has 5 nitrogen and oxygen atoms in total. The minimum atomic E-state index is 0.0368. The molecule has 0 unspecified atom stereocenters. The first-order valence-corrected chi connectivity index (χ1v) is 7.73. The van der Waals surface area contributed by atoms with E-state index in [2.05, 4.69) is 10.2 Å². The summed E-state index contributed by atoms with van der Waals surface area (Å²) >= 11 is 0. The van der Waals surface area contributed by atoms with E-state index in [0.717, 1.165) is 38.4 Å². The number of para-hydroxylation sites is 1. The van der Waals surface area contributed by atoms with Crippen molar-refractivity contribution in [2.45, 2.75) is 12.8 Å². The van der Waals surface area contributed by atoms with Gasteiger partial charge >= 0.3 is 0 Å². The maximum absolute atomic E-state index is 12.6. The van der Waals surface area contributed by atoms with Crippen molar-refractivity contribution in [2.75, 3.05) is 51.7 Å². The quantitative estimate of drug-likeness (QED) is 0.915. The van der Waals surface area contributed by atoms with Gasteiger partial charge in [0.2, 0.25) is 0 Å². The number of carbonyl (C=O) groups excluding carboxylic acids is 1. The highest BCUT2D eigenvalue weighted by Crippen LogP contribution is 2.31. The highest BCUT2D eigenvalue weighted by atomic mass is 16.5. The van der Waals surface area contributed by atoms with Gasteiger partial charge in [0, 0.05) is 26.7 Å². The number of amides is 1. The molecule has 0 spiro atoms. The second kappa shape index (κ2) is 6.35. The molecule has 1 aromatic rings. The number of nitrogens with zero attached hydrogens (tertiary/aromatic N) is 2. The molecule has 1 aromatic carbocycles. The van der Waals surface area contributed by atoms with E-state index in [9.17, 15) is 4.79 Å². The van der Waals surface area contributed by atoms with Crippen LogP contribution in [0.1, 0.15) is 23.2 Å². The third-order valence-corrected chi connectivity index (χ3v) is 4.21. The smallest absolute Gasteiger partial charge is 0.257 e. The van der Waals surface area contributed by atoms with Crippen molar-refractivity contribution in [2.24, 2.45) is 0 Å². The highest BCUT2D eigenvalue weighted by molar-refractivity contribution is 5.98. The summed E-state index contributed by atoms with van der Waals surface area (Å²) in [5, 5.41) is 3.27. The van der Waals surface area contributed by atoms with Gasteiger partial charge in [0.25, 0.3) is 5.91 Å². The Labute approximate surface area is 125 Å². The maximum Gasteiger partial charge on any atom is 0.257 e. The zero-order valence-electron chi connectivity index (χ0n) is 12.6. The van der Waals surface area contributed by atoms with Gasteiger partial charge < -0.3 is 19.9 Å². The van der Waals surface area contributed by atoms with E-state index in [0.29, 0.717) is 17.9 Å². The van der Waals surface area contributed by atoms with Crippen molar-refractivity contribution in [1.29, 1.82) is 0 Å². The molecule has 2 aliphatic rings. The van der Waals surface area contributed by atoms with Crippen LogP contribution < -0.4 is 10.1 Å². The zero-order chi connectivity index (χ0) is 14.7. The number of fused-ring (bicyclic) bond motifs is 1. The Balaban J connectivity index is 1.66. The average Bonchev–Trinajstić information content (AvgIpc) is 3.05. The molecular formula is C16H23N3O2. The lowest BCUT2D eigenvalue weighted by Gasteiger charge is -2.25. The molecule has 0 bridgehead atoms. The molecule has 21 heavy (non-hydrogen) atoms. The third-order valence-electron chi connectivity index (χ3n) is 4.21. The number of rotatable bonds is 4. The molecule has 5 heteroatoms. The minimum Gasteiger partial charge on any atom is -0.489 e. The van der Waals surface area contributed by atoms with E-state index in [-0.39, 0.29) is 5.91 Å². The summed E-state index contributed by atoms with van der Waals surface area (Å²) in [6.07, 6.45) is 2.56. The molecule has 0 radical (unpaired) electrons. The monoisotopic (exact) mass is 289 g/mol. The van der Waals surface area contributed by atoms with Gasteiger partial charge in [0.05, 0.1) is 11.3 Å². The van der Waals surface area contributed by atoms with Gasteiger partial charge in [-0.15, -0.1) is 0 Å². The molecule has 114 valence electrons. The first-order valence-electron chi connectivity index (χ1n) is 7.73. The molecule has 1 fully saturated rings. The van der Waals surface area contributed by atoms with Gasteiger partial charge in [0.15, 0.2) is 5.75 Å². The molecule has 2 heterocycles. The standard InChI is InChI=1S/C16H23N3O2/c1-18(10-11-19-8-2-3-9-19)16(20)13-5-4-6-14-15(13)21-12-7-17-14/h4-6,17H,2-3,7-12H2,1H3. The number of nitrogens with one attached hydrogen (secondary N) is 1. The zero-order valence-corrected chi connectivity index (χ0v) is 12.6. The topological polar surface area (TPSA) is 44.8 Å². The van der Waals surface area contributed by atoms with Crippen LogP contribution in [0.25, 0.3) is 0 Å². The molecule has 2 aliphatic heterocycles. The average molecular weight is 289 g/mol. The molecule has 0 atom stereocenters. The number of likely N-dealkylation sites (N-methyl/N-ethyl adjacent to an activating group) is 1. The van der Waals surface area contributed by atoms with Crippen LogP contribution in [0.15, 0.2) is 18.2 Å². The van der Waals surface area contributed by atoms with Crippen molar-refractivity contribution < 1.29 is 9.53 Å². The minimum absolute atomic E-state index is 0.0368. The summed E-state index contributed by atoms with van der Waals surface area (Å²) in [7, 11) is 1.87. The molecular weight excluding hydrogens is 266 g/mol. The van der Waals surface area contributed by atoms with Crippen LogP contribution in [-0.2, 0) is 0 Å². The van der Waals surface area contributed by atoms with E-state index in [1.165, 1.54) is 12.8 Å². The summed E-state index contributed by atoms with van der Waals surface area (Å²) in [6.45, 7) is 5.43. The van der Waals surface area contributed by atoms with Gasteiger partial charge in [-0.1, -0.05) is 6.07 Å². The predicted molar refractivity (Wildman–Crippen MR) is 83.1 cm³/mol. The molecule has 1 saturated heterocycles. The summed E-state index contributed by atoms with van der Waals surface area (Å²) in [5.41, 5.74) is 1.57. The normalized spacial score (nSPS) is 17.8. The van der Waals surface area contributed by atoms with E-state index in [4.69, 9.17) is 4.74 Å². The van der Waals surface area contributed by atoms with Gasteiger partial charge in [-0.05, 0) is 38.1 Å². The SMILES string of the molecule is CN(CCN1CCCC1)C(=O)c1cccc2c1OCCN2. The number of likely N-dealkylation sites (tertiary alicyclic amines) is 1. The Kier molecular flexibility index (Phi) is 4.29. The lowest BCUT2D eigenvalue weighted by atomic mass is 10.1. The fraction of sp³-hybridized carbons (Fsp3) is 0.562. The lowest BCUT2D eigenvalue weighted by Crippen LogP contribution is -2.35. The van der Waals surface area contributed by atoms with E-state index in [1.54, 1.807) is 4.90 Å². The van der Waals surface area contributed by atoms with Crippen molar-refractivity contribution in [3.05, 3.63) is 23.8 Å². The number of benzene rings is 1. The van der Waals surface area contributed by atoms with Crippen molar-refractivity contribution in [3.63, 3.8) is 0 Å². The second-order valence-corrected chi connectivity index (χ2v) is 5.73. The second-order valence-electron chi connectivity index (χ2n) is 5.73. The Morgan fingerprint density at radius 3 is 3.00 bits per heavy atom. The van der Waals surface area contributed by atoms with Gasteiger partial charge in [-0.3, -0.25) is 4.79 Å². The lowest BCUT2D eigenvalue weighted by molar-refractivity contribution is 0.0778. The summed E-state index contributed by atoms with van der Waals surface area (Å²) in [4.78, 5) is 16.8. The van der Waals surface area contributed by atoms with Crippen LogP contribution in [-0.4, -0.2) is 62.1 Å². The van der Waals surface area contributed by atoms with E-state index in [1.807, 2.05) is 25.2 Å². The maximum atomic E-state index is 12.6. The van der Waals surface area contributed by atoms with Crippen LogP contribution in [0.5, 0.6) is 5.75 Å². The molecule has 1 N–H and O–H groups in total. The predicted octanol–water partition coefficient (Wildman–Crippen LogP) is 1.66. The number of ether oxygens (including phenoxy) is 1. The molecule has 0 aliphatic carbocycles. The van der Waals surface area contributed by atoms with Crippen LogP contribution in [0.2, 0.25) is 0 Å². The van der Waals surface area contributed by atoms with E-state index >= 15 is 0 Å². The fourth-order valence-corrected chi connectivity index (χ4v) is 2.94. The number of anilines is 1. The Bertz CT molecular complexity index is 512. The Morgan fingerprint density at radius 1 is 1.38 bits per heavy atom. The van der Waals surface area contributed by atoms with Crippen molar-refractivity contribution in [1.82, 2.24) is 9.80 Å². The summed E-state index contributed by atoms with van der Waals surface area (Å²) in [5.74, 6) is 0.733. The molecule has 1 amide bonds. The summed E-state index contributed by atoms with van der Waals surface area (Å²) in [6, 6.07) is 5.71. The van der Waals surface area contributed by atoms with Crippen LogP contribution in [0.3, 0.4) is 0 Å². The Morgan fingerprint density at radius 2 is 2.19 bits per heavy atom. The van der Waals surface area contributed by atoms with Crippen LogP contribution in [0.4, 0.5) is 5.69 Å². The van der Waals surface area contributed by atoms with Gasteiger partial charge in [-0.2, -0.15) is 0 Å². The number of hydrogen-bond acceptors (Lipinski definition) is 4. The third kappa shape index (κ3) is 3.13. The van der Waals surface area contributed by atoms with Crippen molar-refractivity contribution >= 4 is 11.6 Å². The van der Waals surface area contributed by atoms with E-state index < -0.39 is 0 Å². The number of hydrogen-bond donors (Lipinski definition) is 1. The number of carbonyl (C=O) groups is 1. The largest absolute Gasteiger partial charge is 0.489 e. The first kappa shape index (κ1) is 14.2. The van der Waals surface area contributed by atoms with Crippen LogP contribution in [0, 0.1) is 0 Å². The molecule has 0 saturated carbocycles. The molecule has 0 aromatic heterocycles. The van der Waals surface area contributed by atoms with Gasteiger partial charge in [-0.25, -0.2) is 0 Å². The first-order chi connectivity index (χ1) is 10.3.